The van der Waals surface area contributed by atoms with E-state index in [1.54, 1.807) is 24.2 Å². The zero-order valence-corrected chi connectivity index (χ0v) is 24.5. The number of nitrogens with zero attached hydrogens (tertiary/aromatic N) is 8. The van der Waals surface area contributed by atoms with Gasteiger partial charge in [0.15, 0.2) is 15.5 Å². The van der Waals surface area contributed by atoms with Gasteiger partial charge < -0.3 is 15.6 Å². The molecule has 0 radical (unpaired) electrons. The van der Waals surface area contributed by atoms with Crippen LogP contribution in [0.3, 0.4) is 0 Å². The number of hydrogen-bond acceptors (Lipinski definition) is 11. The second-order valence-electron chi connectivity index (χ2n) is 10.3. The van der Waals surface area contributed by atoms with Crippen LogP contribution in [0.25, 0.3) is 27.5 Å². The van der Waals surface area contributed by atoms with Crippen molar-refractivity contribution in [3.8, 4) is 21.8 Å². The largest absolute Gasteiger partial charge is 0.382 e. The first-order valence-electron chi connectivity index (χ1n) is 13.0. The van der Waals surface area contributed by atoms with E-state index in [0.29, 0.717) is 42.1 Å². The number of pyridine rings is 1. The van der Waals surface area contributed by atoms with Crippen LogP contribution in [0.4, 0.5) is 5.82 Å². The minimum absolute atomic E-state index is 0.00452. The van der Waals surface area contributed by atoms with Gasteiger partial charge in [-0.3, -0.25) is 9.78 Å². The van der Waals surface area contributed by atoms with Crippen LogP contribution < -0.4 is 5.73 Å². The number of nitrogens with one attached hydrogen (secondary N) is 1. The van der Waals surface area contributed by atoms with Crippen LogP contribution in [0.5, 0.6) is 0 Å². The lowest BCUT2D eigenvalue weighted by Crippen LogP contribution is -2.44. The standard InChI is InChI=1S/C26H28N10O3S2/c1-13-12-40-25(30-13)19-6-5-17(10-28-19)18-11-29-36-22(27)21(41(4,38)39)20(32-24(18)36)16-7-8-35(14(2)9-16)26(37)23-31-15(3)33-34-23/h5-6,10-12,14,16H,7-9,27H2,1-4H3,(H,31,33,34). The first kappa shape index (κ1) is 27.0. The number of nitrogens with two attached hydrogens (primary N) is 1. The summed E-state index contributed by atoms with van der Waals surface area (Å²) in [5.74, 6) is 0.247. The minimum Gasteiger partial charge on any atom is -0.382 e. The number of sulfone groups is 1. The van der Waals surface area contributed by atoms with Crippen LogP contribution in [0.1, 0.15) is 53.5 Å². The molecule has 5 aromatic heterocycles. The lowest BCUT2D eigenvalue weighted by molar-refractivity contribution is 0.0601. The van der Waals surface area contributed by atoms with Gasteiger partial charge in [0.05, 0.1) is 17.6 Å². The zero-order valence-electron chi connectivity index (χ0n) is 22.9. The predicted molar refractivity (Wildman–Crippen MR) is 153 cm³/mol. The van der Waals surface area contributed by atoms with Gasteiger partial charge in [-0.25, -0.2) is 18.4 Å². The molecular formula is C26H28N10O3S2. The van der Waals surface area contributed by atoms with Gasteiger partial charge in [-0.15, -0.1) is 21.5 Å². The van der Waals surface area contributed by atoms with Gasteiger partial charge in [0.1, 0.15) is 21.5 Å². The lowest BCUT2D eigenvalue weighted by Gasteiger charge is -2.37. The van der Waals surface area contributed by atoms with Crippen LogP contribution in [-0.2, 0) is 9.84 Å². The summed E-state index contributed by atoms with van der Waals surface area (Å²) in [7, 11) is -3.75. The summed E-state index contributed by atoms with van der Waals surface area (Å²) < 4.78 is 27.3. The molecule has 1 aliphatic rings. The Labute approximate surface area is 239 Å². The van der Waals surface area contributed by atoms with Gasteiger partial charge in [-0.05, 0) is 39.7 Å². The van der Waals surface area contributed by atoms with Crippen molar-refractivity contribution in [3.05, 3.63) is 52.9 Å². The van der Waals surface area contributed by atoms with Gasteiger partial charge in [0, 0.05) is 53.2 Å². The van der Waals surface area contributed by atoms with Crippen molar-refractivity contribution in [2.45, 2.75) is 50.5 Å². The van der Waals surface area contributed by atoms with Gasteiger partial charge in [0.2, 0.25) is 5.82 Å². The molecule has 2 atom stereocenters. The topological polar surface area (TPSA) is 178 Å². The number of anilines is 1. The van der Waals surface area contributed by atoms with E-state index < -0.39 is 9.84 Å². The fraction of sp³-hybridized carbons (Fsp3) is 0.346. The van der Waals surface area contributed by atoms with E-state index in [0.717, 1.165) is 28.2 Å². The maximum atomic E-state index is 13.0. The van der Waals surface area contributed by atoms with E-state index in [4.69, 9.17) is 10.7 Å². The second kappa shape index (κ2) is 9.99. The Morgan fingerprint density at radius 2 is 1.98 bits per heavy atom. The molecule has 0 spiro atoms. The highest BCUT2D eigenvalue weighted by atomic mass is 32.2. The number of carbonyl (C=O) groups excluding carboxylic acids is 1. The quantitative estimate of drug-likeness (QED) is 0.308. The molecule has 5 aromatic rings. The van der Waals surface area contributed by atoms with Crippen molar-refractivity contribution >= 4 is 38.5 Å². The van der Waals surface area contributed by atoms with Crippen LogP contribution in [0.2, 0.25) is 0 Å². The van der Waals surface area contributed by atoms with Crippen LogP contribution in [0, 0.1) is 13.8 Å². The molecule has 1 aliphatic heterocycles. The minimum atomic E-state index is -3.75. The molecule has 0 saturated carbocycles. The molecule has 0 aromatic carbocycles. The number of piperidine rings is 1. The molecule has 0 aliphatic carbocycles. The smallest absolute Gasteiger partial charge is 0.291 e. The Morgan fingerprint density at radius 3 is 2.59 bits per heavy atom. The Balaban J connectivity index is 1.37. The van der Waals surface area contributed by atoms with E-state index in [9.17, 15) is 13.2 Å². The number of hydrogen-bond donors (Lipinski definition) is 2. The fourth-order valence-electron chi connectivity index (χ4n) is 5.33. The number of H-pyrrole nitrogens is 1. The third kappa shape index (κ3) is 4.84. The van der Waals surface area contributed by atoms with Crippen molar-refractivity contribution < 1.29 is 13.2 Å². The number of carbonyl (C=O) groups is 1. The monoisotopic (exact) mass is 592 g/mol. The van der Waals surface area contributed by atoms with E-state index in [1.165, 1.54) is 15.9 Å². The Morgan fingerprint density at radius 1 is 1.17 bits per heavy atom. The number of rotatable bonds is 5. The normalized spacial score (nSPS) is 17.8. The van der Waals surface area contributed by atoms with E-state index in [1.807, 2.05) is 31.4 Å². The summed E-state index contributed by atoms with van der Waals surface area (Å²) in [6.45, 7) is 5.99. The molecule has 13 nitrogen and oxygen atoms in total. The molecule has 3 N–H and O–H groups in total. The number of aromatic nitrogens is 8. The van der Waals surface area contributed by atoms with Crippen molar-refractivity contribution in [2.24, 2.45) is 0 Å². The molecule has 15 heteroatoms. The maximum Gasteiger partial charge on any atom is 0.291 e. The summed E-state index contributed by atoms with van der Waals surface area (Å²) in [5.41, 5.74) is 10.4. The Kier molecular flexibility index (Phi) is 6.57. The highest BCUT2D eigenvalue weighted by Crippen LogP contribution is 2.38. The van der Waals surface area contributed by atoms with Gasteiger partial charge in [-0.1, -0.05) is 6.07 Å². The summed E-state index contributed by atoms with van der Waals surface area (Å²) in [6, 6.07) is 3.60. The van der Waals surface area contributed by atoms with Crippen molar-refractivity contribution in [1.82, 2.24) is 44.6 Å². The van der Waals surface area contributed by atoms with Crippen molar-refractivity contribution in [1.29, 1.82) is 0 Å². The van der Waals surface area contributed by atoms with E-state index in [2.05, 4.69) is 30.2 Å². The Hall–Kier alpha value is -4.24. The van der Waals surface area contributed by atoms with Crippen molar-refractivity contribution in [2.75, 3.05) is 18.5 Å². The summed E-state index contributed by atoms with van der Waals surface area (Å²) in [4.78, 5) is 31.6. The summed E-state index contributed by atoms with van der Waals surface area (Å²) in [5, 5.41) is 15.0. The molecule has 41 heavy (non-hydrogen) atoms. The number of aromatic amines is 1. The first-order chi connectivity index (χ1) is 19.5. The third-order valence-corrected chi connectivity index (χ3v) is 9.42. The lowest BCUT2D eigenvalue weighted by atomic mass is 9.88. The average Bonchev–Trinajstić information content (AvgIpc) is 3.67. The van der Waals surface area contributed by atoms with Gasteiger partial charge >= 0.3 is 0 Å². The number of amides is 1. The summed E-state index contributed by atoms with van der Waals surface area (Å²) in [6.07, 6.45) is 5.46. The highest BCUT2D eigenvalue weighted by molar-refractivity contribution is 7.91. The number of aryl methyl sites for hydroxylation is 2. The molecule has 2 unspecified atom stereocenters. The van der Waals surface area contributed by atoms with Crippen molar-refractivity contribution in [3.63, 3.8) is 0 Å². The molecule has 212 valence electrons. The van der Waals surface area contributed by atoms with E-state index in [-0.39, 0.29) is 34.4 Å². The van der Waals surface area contributed by atoms with E-state index >= 15 is 0 Å². The SMILES string of the molecule is Cc1csc(-c2ccc(-c3cnn4c(N)c(S(C)(=O)=O)c(C5CCN(C(=O)c6nnc(C)[nH]6)C(C)C5)nc34)cn2)n1. The van der Waals surface area contributed by atoms with Crippen LogP contribution in [0.15, 0.2) is 34.8 Å². The number of nitrogen functional groups attached to an aromatic ring is 1. The number of likely N-dealkylation sites (tertiary alicyclic amines) is 1. The fourth-order valence-corrected chi connectivity index (χ4v) is 7.16. The average molecular weight is 593 g/mol. The maximum absolute atomic E-state index is 13.0. The molecule has 6 heterocycles. The molecule has 6 rings (SSSR count). The summed E-state index contributed by atoms with van der Waals surface area (Å²) >= 11 is 1.53. The Bertz CT molecular complexity index is 1890. The molecule has 1 saturated heterocycles. The van der Waals surface area contributed by atoms with Gasteiger partial charge in [-0.2, -0.15) is 9.61 Å². The number of thiazole rings is 1. The molecule has 1 fully saturated rings. The molecular weight excluding hydrogens is 564 g/mol. The number of fused-ring (bicyclic) bond motifs is 1. The second-order valence-corrected chi connectivity index (χ2v) is 13.1. The van der Waals surface area contributed by atoms with Gasteiger partial charge in [0.25, 0.3) is 5.91 Å². The van der Waals surface area contributed by atoms with Crippen LogP contribution >= 0.6 is 11.3 Å². The zero-order chi connectivity index (χ0) is 29.1. The predicted octanol–water partition coefficient (Wildman–Crippen LogP) is 3.04. The highest BCUT2D eigenvalue weighted by Gasteiger charge is 2.36. The first-order valence-corrected chi connectivity index (χ1v) is 15.7. The van der Waals surface area contributed by atoms with Crippen LogP contribution in [-0.4, -0.2) is 77.8 Å². The molecule has 0 bridgehead atoms. The molecule has 1 amide bonds. The third-order valence-electron chi connectivity index (χ3n) is 7.27.